The largest absolute Gasteiger partial charge is 0.482 e. The molecule has 0 aliphatic carbocycles. The highest BCUT2D eigenvalue weighted by Crippen LogP contribution is 2.26. The Morgan fingerprint density at radius 1 is 1.29 bits per heavy atom. The van der Waals surface area contributed by atoms with Gasteiger partial charge in [-0.05, 0) is 36.5 Å². The lowest BCUT2D eigenvalue weighted by atomic mass is 9.92. The van der Waals surface area contributed by atoms with Gasteiger partial charge in [-0.3, -0.25) is 0 Å². The van der Waals surface area contributed by atoms with Crippen LogP contribution in [0, 0.1) is 0 Å². The Morgan fingerprint density at radius 3 is 2.41 bits per heavy atom. The minimum atomic E-state index is -0.952. The molecule has 1 atom stereocenters. The van der Waals surface area contributed by atoms with E-state index in [2.05, 4.69) is 13.8 Å². The monoisotopic (exact) mass is 236 g/mol. The highest BCUT2D eigenvalue weighted by atomic mass is 16.5. The summed E-state index contributed by atoms with van der Waals surface area (Å²) in [6, 6.07) is 7.75. The molecule has 0 spiro atoms. The van der Waals surface area contributed by atoms with E-state index in [0.717, 1.165) is 6.42 Å². The fraction of sp³-hybridized carbons (Fsp3) is 0.500. The fourth-order valence-electron chi connectivity index (χ4n) is 1.94. The summed E-state index contributed by atoms with van der Waals surface area (Å²) >= 11 is 0. The lowest BCUT2D eigenvalue weighted by Gasteiger charge is -2.14. The number of aliphatic carboxylic acids is 1. The molecule has 1 N–H and O–H groups in total. The minimum Gasteiger partial charge on any atom is -0.482 e. The summed E-state index contributed by atoms with van der Waals surface area (Å²) in [5.41, 5.74) is 1.30. The van der Waals surface area contributed by atoms with Crippen molar-refractivity contribution in [1.82, 2.24) is 0 Å². The molecule has 94 valence electrons. The molecule has 0 aliphatic rings. The van der Waals surface area contributed by atoms with Crippen LogP contribution in [0.1, 0.15) is 44.6 Å². The van der Waals surface area contributed by atoms with Gasteiger partial charge in [0.05, 0.1) is 0 Å². The first kappa shape index (κ1) is 13.6. The van der Waals surface area contributed by atoms with Gasteiger partial charge in [-0.25, -0.2) is 4.79 Å². The molecular weight excluding hydrogens is 216 g/mol. The third-order valence-corrected chi connectivity index (χ3v) is 2.84. The predicted molar refractivity (Wildman–Crippen MR) is 67.5 cm³/mol. The molecule has 0 bridgehead atoms. The molecule has 0 saturated carbocycles. The highest BCUT2D eigenvalue weighted by molar-refractivity contribution is 5.68. The Bertz CT molecular complexity index is 343. The topological polar surface area (TPSA) is 46.5 Å². The van der Waals surface area contributed by atoms with E-state index in [1.807, 2.05) is 24.3 Å². The zero-order valence-electron chi connectivity index (χ0n) is 10.5. The number of hydrogen-bond donors (Lipinski definition) is 1. The van der Waals surface area contributed by atoms with E-state index in [1.54, 1.807) is 0 Å². The molecule has 0 fully saturated rings. The van der Waals surface area contributed by atoms with Crippen molar-refractivity contribution >= 4 is 5.97 Å². The smallest absolute Gasteiger partial charge is 0.341 e. The maximum Gasteiger partial charge on any atom is 0.341 e. The summed E-state index contributed by atoms with van der Waals surface area (Å²) in [7, 11) is 0. The average Bonchev–Trinajstić information content (AvgIpc) is 2.34. The summed E-state index contributed by atoms with van der Waals surface area (Å²) in [5.74, 6) is 0.252. The van der Waals surface area contributed by atoms with E-state index < -0.39 is 5.97 Å². The normalized spacial score (nSPS) is 12.1. The van der Waals surface area contributed by atoms with Crippen molar-refractivity contribution in [1.29, 1.82) is 0 Å². The summed E-state index contributed by atoms with van der Waals surface area (Å²) in [6.45, 7) is 4.09. The lowest BCUT2D eigenvalue weighted by Crippen LogP contribution is -2.09. The van der Waals surface area contributed by atoms with E-state index in [1.165, 1.54) is 18.4 Å². The molecule has 0 aliphatic heterocycles. The van der Waals surface area contributed by atoms with Gasteiger partial charge in [0.25, 0.3) is 0 Å². The van der Waals surface area contributed by atoms with Crippen molar-refractivity contribution < 1.29 is 14.6 Å². The van der Waals surface area contributed by atoms with Crippen molar-refractivity contribution in [2.75, 3.05) is 6.61 Å². The number of carboxylic acids is 1. The molecule has 3 heteroatoms. The van der Waals surface area contributed by atoms with Crippen LogP contribution in [0.4, 0.5) is 0 Å². The molecule has 0 aromatic heterocycles. The Balaban J connectivity index is 2.62. The van der Waals surface area contributed by atoms with E-state index in [-0.39, 0.29) is 6.61 Å². The summed E-state index contributed by atoms with van der Waals surface area (Å²) in [5, 5.41) is 8.50. The highest BCUT2D eigenvalue weighted by Gasteiger charge is 2.08. The van der Waals surface area contributed by atoms with Gasteiger partial charge in [0, 0.05) is 0 Å². The van der Waals surface area contributed by atoms with Crippen LogP contribution in [0.25, 0.3) is 0 Å². The van der Waals surface area contributed by atoms with E-state index >= 15 is 0 Å². The number of hydrogen-bond acceptors (Lipinski definition) is 2. The van der Waals surface area contributed by atoms with Gasteiger partial charge >= 0.3 is 5.97 Å². The molecule has 17 heavy (non-hydrogen) atoms. The molecule has 1 rings (SSSR count). The third-order valence-electron chi connectivity index (χ3n) is 2.84. The molecule has 1 aromatic rings. The van der Waals surface area contributed by atoms with Crippen LogP contribution in [0.15, 0.2) is 24.3 Å². The summed E-state index contributed by atoms with van der Waals surface area (Å²) in [4.78, 5) is 10.4. The van der Waals surface area contributed by atoms with E-state index in [4.69, 9.17) is 9.84 Å². The van der Waals surface area contributed by atoms with Crippen molar-refractivity contribution in [3.63, 3.8) is 0 Å². The predicted octanol–water partition coefficient (Wildman–Crippen LogP) is 3.44. The molecule has 0 radical (unpaired) electrons. The number of carboxylic acid groups (broad SMARTS) is 1. The van der Waals surface area contributed by atoms with Crippen LogP contribution >= 0.6 is 0 Å². The van der Waals surface area contributed by atoms with Gasteiger partial charge < -0.3 is 9.84 Å². The second kappa shape index (κ2) is 6.94. The quantitative estimate of drug-likeness (QED) is 0.788. The van der Waals surface area contributed by atoms with Gasteiger partial charge in [-0.15, -0.1) is 0 Å². The maximum atomic E-state index is 10.4. The van der Waals surface area contributed by atoms with Crippen LogP contribution in [0.5, 0.6) is 5.75 Å². The van der Waals surface area contributed by atoms with Gasteiger partial charge in [0.1, 0.15) is 5.75 Å². The number of carbonyl (C=O) groups is 1. The van der Waals surface area contributed by atoms with Crippen molar-refractivity contribution in [2.45, 2.75) is 39.0 Å². The summed E-state index contributed by atoms with van der Waals surface area (Å²) < 4.78 is 5.10. The van der Waals surface area contributed by atoms with E-state index in [9.17, 15) is 4.79 Å². The van der Waals surface area contributed by atoms with Gasteiger partial charge in [0.15, 0.2) is 6.61 Å². The maximum absolute atomic E-state index is 10.4. The van der Waals surface area contributed by atoms with Crippen molar-refractivity contribution in [3.05, 3.63) is 29.8 Å². The fourth-order valence-corrected chi connectivity index (χ4v) is 1.94. The van der Waals surface area contributed by atoms with Crippen LogP contribution in [-0.4, -0.2) is 17.7 Å². The Morgan fingerprint density at radius 2 is 1.94 bits per heavy atom. The number of rotatable bonds is 7. The molecule has 1 aromatic carbocycles. The summed E-state index contributed by atoms with van der Waals surface area (Å²) in [6.07, 6.45) is 3.49. The molecule has 0 heterocycles. The first-order valence-electron chi connectivity index (χ1n) is 6.11. The molecule has 3 nitrogen and oxygen atoms in total. The molecular formula is C14H20O3. The zero-order chi connectivity index (χ0) is 12.7. The lowest BCUT2D eigenvalue weighted by molar-refractivity contribution is -0.139. The van der Waals surface area contributed by atoms with Crippen LogP contribution in [-0.2, 0) is 4.79 Å². The SMILES string of the molecule is CCC[C@H](CC)c1ccc(OCC(=O)O)cc1. The third kappa shape index (κ3) is 4.47. The zero-order valence-corrected chi connectivity index (χ0v) is 10.5. The van der Waals surface area contributed by atoms with Crippen LogP contribution in [0.2, 0.25) is 0 Å². The van der Waals surface area contributed by atoms with Gasteiger partial charge in [0.2, 0.25) is 0 Å². The second-order valence-corrected chi connectivity index (χ2v) is 4.15. The average molecular weight is 236 g/mol. The van der Waals surface area contributed by atoms with Crippen molar-refractivity contribution in [2.24, 2.45) is 0 Å². The van der Waals surface area contributed by atoms with E-state index in [0.29, 0.717) is 11.7 Å². The second-order valence-electron chi connectivity index (χ2n) is 4.15. The first-order chi connectivity index (χ1) is 8.17. The number of ether oxygens (including phenoxy) is 1. The van der Waals surface area contributed by atoms with Crippen molar-refractivity contribution in [3.8, 4) is 5.75 Å². The standard InChI is InChI=1S/C14H20O3/c1-3-5-11(4-2)12-6-8-13(9-7-12)17-10-14(15)16/h6-9,11H,3-5,10H2,1-2H3,(H,15,16)/t11-/m0/s1. The van der Waals surface area contributed by atoms with Crippen LogP contribution in [0.3, 0.4) is 0 Å². The van der Waals surface area contributed by atoms with Crippen LogP contribution < -0.4 is 4.74 Å². The number of benzene rings is 1. The molecule has 0 unspecified atom stereocenters. The Labute approximate surface area is 102 Å². The Hall–Kier alpha value is -1.51. The minimum absolute atomic E-state index is 0.286. The first-order valence-corrected chi connectivity index (χ1v) is 6.11. The Kier molecular flexibility index (Phi) is 5.53. The van der Waals surface area contributed by atoms with Gasteiger partial charge in [-0.2, -0.15) is 0 Å². The van der Waals surface area contributed by atoms with Gasteiger partial charge in [-0.1, -0.05) is 32.4 Å². The molecule has 0 amide bonds. The molecule has 0 saturated heterocycles.